The average molecular weight is 277 g/mol. The van der Waals surface area contributed by atoms with Crippen LogP contribution in [0.3, 0.4) is 0 Å². The van der Waals surface area contributed by atoms with E-state index in [-0.39, 0.29) is 11.3 Å². The van der Waals surface area contributed by atoms with Gasteiger partial charge in [-0.3, -0.25) is 4.98 Å². The van der Waals surface area contributed by atoms with Gasteiger partial charge in [-0.2, -0.15) is 0 Å². The summed E-state index contributed by atoms with van der Waals surface area (Å²) in [5.41, 5.74) is 6.42. The number of pyridine rings is 1. The van der Waals surface area contributed by atoms with Crippen LogP contribution in [-0.4, -0.2) is 36.1 Å². The van der Waals surface area contributed by atoms with Gasteiger partial charge >= 0.3 is 0 Å². The topological polar surface area (TPSA) is 51.4 Å². The maximum absolute atomic E-state index is 14.1. The molecule has 0 aliphatic heterocycles. The minimum absolute atomic E-state index is 0.157. The Bertz CT molecular complexity index is 626. The lowest BCUT2D eigenvalue weighted by Crippen LogP contribution is -2.43. The van der Waals surface area contributed by atoms with Crippen LogP contribution >= 0.6 is 0 Å². The van der Waals surface area contributed by atoms with Crippen LogP contribution in [0.4, 0.5) is 10.1 Å². The summed E-state index contributed by atoms with van der Waals surface area (Å²) in [7, 11) is 3.91. The van der Waals surface area contributed by atoms with Gasteiger partial charge in [-0.15, -0.1) is 0 Å². The first kappa shape index (κ1) is 14.5. The molecule has 0 unspecified atom stereocenters. The molecule has 0 aliphatic carbocycles. The van der Waals surface area contributed by atoms with Gasteiger partial charge in [-0.25, -0.2) is 4.39 Å². The Morgan fingerprint density at radius 1 is 1.40 bits per heavy atom. The van der Waals surface area contributed by atoms with Gasteiger partial charge in [0, 0.05) is 28.9 Å². The molecular formula is C15H20FN3O. The van der Waals surface area contributed by atoms with Crippen molar-refractivity contribution in [3.63, 3.8) is 0 Å². The number of likely N-dealkylation sites (N-methyl/N-ethyl adjacent to an activating group) is 1. The van der Waals surface area contributed by atoms with Crippen molar-refractivity contribution < 1.29 is 9.13 Å². The van der Waals surface area contributed by atoms with Crippen LogP contribution in [-0.2, 0) is 0 Å². The first-order valence-corrected chi connectivity index (χ1v) is 6.46. The molecular weight excluding hydrogens is 257 g/mol. The molecule has 2 aromatic rings. The van der Waals surface area contributed by atoms with Gasteiger partial charge in [0.25, 0.3) is 0 Å². The maximum atomic E-state index is 14.1. The molecule has 0 aliphatic rings. The second-order valence-corrected chi connectivity index (χ2v) is 5.67. The van der Waals surface area contributed by atoms with Crippen molar-refractivity contribution in [3.05, 3.63) is 30.2 Å². The second-order valence-electron chi connectivity index (χ2n) is 5.67. The summed E-state index contributed by atoms with van der Waals surface area (Å²) in [6.45, 7) is 4.40. The number of ether oxygens (including phenoxy) is 1. The molecule has 108 valence electrons. The van der Waals surface area contributed by atoms with Gasteiger partial charge in [-0.1, -0.05) is 0 Å². The zero-order valence-electron chi connectivity index (χ0n) is 12.3. The summed E-state index contributed by atoms with van der Waals surface area (Å²) in [5.74, 6) is -0.326. The summed E-state index contributed by atoms with van der Waals surface area (Å²) >= 11 is 0. The van der Waals surface area contributed by atoms with Crippen LogP contribution in [0.5, 0.6) is 5.75 Å². The molecule has 1 aromatic heterocycles. The van der Waals surface area contributed by atoms with E-state index >= 15 is 0 Å². The molecule has 2 N–H and O–H groups in total. The summed E-state index contributed by atoms with van der Waals surface area (Å²) in [4.78, 5) is 6.22. The predicted octanol–water partition coefficient (Wildman–Crippen LogP) is 2.68. The third-order valence-electron chi connectivity index (χ3n) is 3.61. The lowest BCUT2D eigenvalue weighted by atomic mass is 10.1. The number of halogens is 1. The Labute approximate surface area is 118 Å². The number of nitrogens with two attached hydrogens (primary N) is 1. The van der Waals surface area contributed by atoms with Gasteiger partial charge < -0.3 is 15.4 Å². The van der Waals surface area contributed by atoms with E-state index in [0.29, 0.717) is 23.2 Å². The minimum atomic E-state index is -0.483. The molecule has 0 atom stereocenters. The van der Waals surface area contributed by atoms with Crippen molar-refractivity contribution in [1.82, 2.24) is 9.88 Å². The van der Waals surface area contributed by atoms with Crippen molar-refractivity contribution in [2.75, 3.05) is 26.4 Å². The summed E-state index contributed by atoms with van der Waals surface area (Å²) in [6.07, 6.45) is 1.60. The quantitative estimate of drug-likeness (QED) is 0.873. The molecule has 0 saturated carbocycles. The van der Waals surface area contributed by atoms with Crippen LogP contribution in [0.25, 0.3) is 10.9 Å². The lowest BCUT2D eigenvalue weighted by molar-refractivity contribution is 0.112. The van der Waals surface area contributed by atoms with E-state index in [2.05, 4.69) is 4.98 Å². The number of anilines is 1. The highest BCUT2D eigenvalue weighted by atomic mass is 19.1. The van der Waals surface area contributed by atoms with Crippen LogP contribution in [0, 0.1) is 5.82 Å². The Kier molecular flexibility index (Phi) is 3.81. The fourth-order valence-corrected chi connectivity index (χ4v) is 1.73. The smallest absolute Gasteiger partial charge is 0.181 e. The van der Waals surface area contributed by atoms with Crippen LogP contribution in [0.15, 0.2) is 24.4 Å². The number of nitrogens with zero attached hydrogens (tertiary/aromatic N) is 2. The zero-order valence-corrected chi connectivity index (χ0v) is 12.3. The lowest BCUT2D eigenvalue weighted by Gasteiger charge is -2.32. The van der Waals surface area contributed by atoms with E-state index in [1.54, 1.807) is 18.3 Å². The van der Waals surface area contributed by atoms with E-state index in [4.69, 9.17) is 10.5 Å². The monoisotopic (exact) mass is 277 g/mol. The zero-order chi connectivity index (χ0) is 14.9. The summed E-state index contributed by atoms with van der Waals surface area (Å²) in [6, 6.07) is 4.85. The van der Waals surface area contributed by atoms with Crippen molar-refractivity contribution in [1.29, 1.82) is 0 Å². The molecule has 0 radical (unpaired) electrons. The highest BCUT2D eigenvalue weighted by Crippen LogP contribution is 2.32. The normalized spacial score (nSPS) is 12.1. The van der Waals surface area contributed by atoms with E-state index < -0.39 is 5.82 Å². The number of benzene rings is 1. The Balaban J connectivity index is 2.40. The first-order chi connectivity index (χ1) is 9.33. The number of hydrogen-bond acceptors (Lipinski definition) is 4. The van der Waals surface area contributed by atoms with Crippen LogP contribution < -0.4 is 10.5 Å². The second kappa shape index (κ2) is 5.25. The minimum Gasteiger partial charge on any atom is -0.486 e. The number of aromatic nitrogens is 1. The average Bonchev–Trinajstić information content (AvgIpc) is 2.38. The standard InChI is InChI=1S/C15H20FN3O/c1-15(2,19(3)4)9-20-14-11(16)8-12(17)10-6-5-7-18-13(10)14/h5-8H,9,17H2,1-4H3. The molecule has 1 aromatic carbocycles. The molecule has 20 heavy (non-hydrogen) atoms. The predicted molar refractivity (Wildman–Crippen MR) is 79.4 cm³/mol. The molecule has 0 spiro atoms. The first-order valence-electron chi connectivity index (χ1n) is 6.46. The number of rotatable bonds is 4. The maximum Gasteiger partial charge on any atom is 0.181 e. The van der Waals surface area contributed by atoms with Gasteiger partial charge in [0.15, 0.2) is 11.6 Å². The van der Waals surface area contributed by atoms with Gasteiger partial charge in [0.05, 0.1) is 0 Å². The third-order valence-corrected chi connectivity index (χ3v) is 3.61. The summed E-state index contributed by atoms with van der Waals surface area (Å²) < 4.78 is 19.8. The fraction of sp³-hybridized carbons (Fsp3) is 0.400. The highest BCUT2D eigenvalue weighted by Gasteiger charge is 2.23. The molecule has 0 amide bonds. The van der Waals surface area contributed by atoms with Gasteiger partial charge in [0.1, 0.15) is 12.1 Å². The van der Waals surface area contributed by atoms with Crippen molar-refractivity contribution in [2.45, 2.75) is 19.4 Å². The van der Waals surface area contributed by atoms with Crippen molar-refractivity contribution in [3.8, 4) is 5.75 Å². The van der Waals surface area contributed by atoms with Gasteiger partial charge in [-0.05, 0) is 40.1 Å². The summed E-state index contributed by atoms with van der Waals surface area (Å²) in [5, 5.41) is 0.701. The molecule has 4 nitrogen and oxygen atoms in total. The largest absolute Gasteiger partial charge is 0.486 e. The Hall–Kier alpha value is -1.88. The molecule has 5 heteroatoms. The number of hydrogen-bond donors (Lipinski definition) is 1. The van der Waals surface area contributed by atoms with Crippen LogP contribution in [0.1, 0.15) is 13.8 Å². The van der Waals surface area contributed by atoms with E-state index in [9.17, 15) is 4.39 Å². The van der Waals surface area contributed by atoms with Crippen LogP contribution in [0.2, 0.25) is 0 Å². The Morgan fingerprint density at radius 3 is 2.75 bits per heavy atom. The number of fused-ring (bicyclic) bond motifs is 1. The molecule has 1 heterocycles. The van der Waals surface area contributed by atoms with Crippen molar-refractivity contribution >= 4 is 16.6 Å². The van der Waals surface area contributed by atoms with Crippen molar-refractivity contribution in [2.24, 2.45) is 0 Å². The number of nitrogen functional groups attached to an aromatic ring is 1. The SMILES string of the molecule is CN(C)C(C)(C)COc1c(F)cc(N)c2cccnc12. The van der Waals surface area contributed by atoms with E-state index in [1.807, 2.05) is 32.8 Å². The molecule has 0 saturated heterocycles. The Morgan fingerprint density at radius 2 is 2.10 bits per heavy atom. The third kappa shape index (κ3) is 2.67. The molecule has 0 fully saturated rings. The molecule has 2 rings (SSSR count). The fourth-order valence-electron chi connectivity index (χ4n) is 1.73. The van der Waals surface area contributed by atoms with Gasteiger partial charge in [0.2, 0.25) is 0 Å². The van der Waals surface area contributed by atoms with E-state index in [1.165, 1.54) is 6.07 Å². The highest BCUT2D eigenvalue weighted by molar-refractivity contribution is 5.94. The van der Waals surface area contributed by atoms with E-state index in [0.717, 1.165) is 0 Å². The molecule has 0 bridgehead atoms.